The number of thiazole rings is 1. The van der Waals surface area contributed by atoms with Gasteiger partial charge in [0.05, 0.1) is 11.0 Å². The molecule has 0 radical (unpaired) electrons. The average Bonchev–Trinajstić information content (AvgIpc) is 2.70. The van der Waals surface area contributed by atoms with E-state index in [2.05, 4.69) is 4.98 Å². The molecule has 0 fully saturated rings. The van der Waals surface area contributed by atoms with E-state index in [0.29, 0.717) is 9.88 Å². The Balaban J connectivity index is 2.46. The maximum Gasteiger partial charge on any atom is 0.133 e. The Bertz CT molecular complexity index is 510. The number of aliphatic hydroxyl groups excluding tert-OH is 1. The molecule has 84 valence electrons. The maximum absolute atomic E-state index is 13.4. The fraction of sp³-hybridized carbons (Fsp3) is 0.182. The fourth-order valence-corrected chi connectivity index (χ4v) is 2.14. The van der Waals surface area contributed by atoms with E-state index in [9.17, 15) is 13.9 Å². The third-order valence-electron chi connectivity index (χ3n) is 2.09. The van der Waals surface area contributed by atoms with Crippen molar-refractivity contribution in [2.24, 2.45) is 0 Å². The van der Waals surface area contributed by atoms with Crippen molar-refractivity contribution in [1.82, 2.24) is 4.98 Å². The van der Waals surface area contributed by atoms with Gasteiger partial charge in [0.2, 0.25) is 0 Å². The van der Waals surface area contributed by atoms with Crippen molar-refractivity contribution in [1.29, 1.82) is 0 Å². The van der Waals surface area contributed by atoms with E-state index >= 15 is 0 Å². The molecule has 0 saturated carbocycles. The molecule has 2 rings (SSSR count). The highest BCUT2D eigenvalue weighted by molar-refractivity contribution is 7.15. The molecule has 1 aromatic heterocycles. The van der Waals surface area contributed by atoms with Gasteiger partial charge in [-0.3, -0.25) is 0 Å². The Kier molecular flexibility index (Phi) is 2.98. The normalized spacial score (nSPS) is 12.8. The molecule has 1 heterocycles. The molecule has 2 aromatic rings. The Morgan fingerprint density at radius 3 is 2.75 bits per heavy atom. The molecule has 5 heteroatoms. The summed E-state index contributed by atoms with van der Waals surface area (Å²) in [5, 5.41) is 9.68. The van der Waals surface area contributed by atoms with Crippen LogP contribution in [0.4, 0.5) is 8.78 Å². The lowest BCUT2D eigenvalue weighted by atomic mass is 10.2. The number of nitrogens with zero attached hydrogens (tertiary/aromatic N) is 1. The second-order valence-electron chi connectivity index (χ2n) is 3.37. The first-order valence-corrected chi connectivity index (χ1v) is 5.49. The number of aliphatic hydroxyl groups is 1. The quantitative estimate of drug-likeness (QED) is 0.876. The molecule has 0 aliphatic heterocycles. The number of aromatic nitrogens is 1. The second-order valence-corrected chi connectivity index (χ2v) is 4.43. The van der Waals surface area contributed by atoms with Gasteiger partial charge in [0, 0.05) is 11.8 Å². The van der Waals surface area contributed by atoms with Gasteiger partial charge < -0.3 is 5.11 Å². The number of benzene rings is 1. The van der Waals surface area contributed by atoms with E-state index in [1.807, 2.05) is 0 Å². The minimum atomic E-state index is -0.650. The summed E-state index contributed by atoms with van der Waals surface area (Å²) in [5.74, 6) is -1.03. The third kappa shape index (κ3) is 2.10. The van der Waals surface area contributed by atoms with Crippen molar-refractivity contribution in [2.45, 2.75) is 13.0 Å². The first-order valence-electron chi connectivity index (χ1n) is 4.67. The van der Waals surface area contributed by atoms with E-state index < -0.39 is 17.7 Å². The highest BCUT2D eigenvalue weighted by Gasteiger charge is 2.12. The molecule has 1 aromatic carbocycles. The molecule has 0 aliphatic rings. The first-order chi connectivity index (χ1) is 7.58. The van der Waals surface area contributed by atoms with Gasteiger partial charge >= 0.3 is 0 Å². The summed E-state index contributed by atoms with van der Waals surface area (Å²) in [6.07, 6.45) is 0.817. The topological polar surface area (TPSA) is 33.1 Å². The van der Waals surface area contributed by atoms with Crippen LogP contribution in [0.2, 0.25) is 0 Å². The zero-order valence-electron chi connectivity index (χ0n) is 8.45. The molecule has 0 saturated heterocycles. The van der Waals surface area contributed by atoms with E-state index in [1.54, 1.807) is 6.92 Å². The standard InChI is InChI=1S/C11H9F2NOS/c1-6(15)10-5-14-11(16-10)8-4-7(12)2-3-9(8)13/h2-6,15H,1H3. The third-order valence-corrected chi connectivity index (χ3v) is 3.30. The van der Waals surface area contributed by atoms with Gasteiger partial charge in [0.15, 0.2) is 0 Å². The lowest BCUT2D eigenvalue weighted by molar-refractivity contribution is 0.203. The van der Waals surface area contributed by atoms with Crippen LogP contribution in [0.1, 0.15) is 17.9 Å². The molecule has 0 aliphatic carbocycles. The first kappa shape index (κ1) is 11.2. The van der Waals surface area contributed by atoms with Gasteiger partial charge in [-0.2, -0.15) is 0 Å². The largest absolute Gasteiger partial charge is 0.388 e. The predicted octanol–water partition coefficient (Wildman–Crippen LogP) is 3.14. The van der Waals surface area contributed by atoms with Crippen LogP contribution in [0.3, 0.4) is 0 Å². The van der Waals surface area contributed by atoms with Crippen LogP contribution in [0, 0.1) is 11.6 Å². The lowest BCUT2D eigenvalue weighted by Crippen LogP contribution is -1.85. The van der Waals surface area contributed by atoms with Crippen LogP contribution in [0.5, 0.6) is 0 Å². The highest BCUT2D eigenvalue weighted by atomic mass is 32.1. The van der Waals surface area contributed by atoms with Gasteiger partial charge in [-0.05, 0) is 25.1 Å². The predicted molar refractivity (Wildman–Crippen MR) is 58.1 cm³/mol. The number of hydrogen-bond donors (Lipinski definition) is 1. The summed E-state index contributed by atoms with van der Waals surface area (Å²) in [5.41, 5.74) is 0.122. The monoisotopic (exact) mass is 241 g/mol. The molecular weight excluding hydrogens is 232 g/mol. The summed E-state index contributed by atoms with van der Waals surface area (Å²) in [4.78, 5) is 4.59. The molecule has 0 spiro atoms. The van der Waals surface area contributed by atoms with Crippen LogP contribution >= 0.6 is 11.3 Å². The summed E-state index contributed by atoms with van der Waals surface area (Å²) in [6, 6.07) is 3.22. The lowest BCUT2D eigenvalue weighted by Gasteiger charge is -1.99. The van der Waals surface area contributed by atoms with E-state index in [4.69, 9.17) is 0 Å². The van der Waals surface area contributed by atoms with E-state index in [-0.39, 0.29) is 5.56 Å². The van der Waals surface area contributed by atoms with Crippen molar-refractivity contribution < 1.29 is 13.9 Å². The van der Waals surface area contributed by atoms with Gasteiger partial charge in [-0.1, -0.05) is 0 Å². The van der Waals surface area contributed by atoms with E-state index in [1.165, 1.54) is 6.20 Å². The van der Waals surface area contributed by atoms with E-state index in [0.717, 1.165) is 29.5 Å². The van der Waals surface area contributed by atoms with Crippen LogP contribution in [0.15, 0.2) is 24.4 Å². The Morgan fingerprint density at radius 1 is 1.38 bits per heavy atom. The Morgan fingerprint density at radius 2 is 2.12 bits per heavy atom. The summed E-state index contributed by atoms with van der Waals surface area (Å²) in [7, 11) is 0. The smallest absolute Gasteiger partial charge is 0.133 e. The summed E-state index contributed by atoms with van der Waals surface area (Å²) < 4.78 is 26.4. The second kappa shape index (κ2) is 4.27. The molecule has 1 N–H and O–H groups in total. The number of halogens is 2. The van der Waals surface area contributed by atoms with Crippen molar-refractivity contribution in [3.8, 4) is 10.6 Å². The molecule has 16 heavy (non-hydrogen) atoms. The minimum Gasteiger partial charge on any atom is -0.388 e. The Hall–Kier alpha value is -1.33. The summed E-state index contributed by atoms with van der Waals surface area (Å²) >= 11 is 1.15. The van der Waals surface area contributed by atoms with Crippen molar-refractivity contribution in [2.75, 3.05) is 0 Å². The van der Waals surface area contributed by atoms with Gasteiger partial charge in [-0.15, -0.1) is 11.3 Å². The van der Waals surface area contributed by atoms with Crippen LogP contribution in [-0.4, -0.2) is 10.1 Å². The average molecular weight is 241 g/mol. The molecule has 1 atom stereocenters. The zero-order valence-corrected chi connectivity index (χ0v) is 9.26. The number of rotatable bonds is 2. The SMILES string of the molecule is CC(O)c1cnc(-c2cc(F)ccc2F)s1. The Labute approximate surface area is 95.2 Å². The van der Waals surface area contributed by atoms with Crippen LogP contribution < -0.4 is 0 Å². The van der Waals surface area contributed by atoms with Crippen LogP contribution in [-0.2, 0) is 0 Å². The molecule has 0 amide bonds. The van der Waals surface area contributed by atoms with Gasteiger partial charge in [0.1, 0.15) is 16.6 Å². The van der Waals surface area contributed by atoms with Gasteiger partial charge in [0.25, 0.3) is 0 Å². The highest BCUT2D eigenvalue weighted by Crippen LogP contribution is 2.30. The zero-order chi connectivity index (χ0) is 11.7. The van der Waals surface area contributed by atoms with Crippen LogP contribution in [0.25, 0.3) is 10.6 Å². The maximum atomic E-state index is 13.4. The van der Waals surface area contributed by atoms with Crippen molar-refractivity contribution in [3.63, 3.8) is 0 Å². The molecule has 0 bridgehead atoms. The summed E-state index contributed by atoms with van der Waals surface area (Å²) in [6.45, 7) is 1.60. The fourth-order valence-electron chi connectivity index (χ4n) is 1.27. The number of hydrogen-bond acceptors (Lipinski definition) is 3. The van der Waals surface area contributed by atoms with Crippen molar-refractivity contribution >= 4 is 11.3 Å². The van der Waals surface area contributed by atoms with Crippen molar-refractivity contribution in [3.05, 3.63) is 40.9 Å². The minimum absolute atomic E-state index is 0.122. The molecule has 2 nitrogen and oxygen atoms in total. The molecule has 1 unspecified atom stereocenters. The van der Waals surface area contributed by atoms with Gasteiger partial charge in [-0.25, -0.2) is 13.8 Å². The molecular formula is C11H9F2NOS.